The Bertz CT molecular complexity index is 1200. The number of nitrogens with zero attached hydrogens (tertiary/aromatic N) is 1. The molecular weight excluding hydrogens is 523 g/mol. The first-order valence-electron chi connectivity index (χ1n) is 13.5. The van der Waals surface area contributed by atoms with Gasteiger partial charge in [0.1, 0.15) is 11.4 Å². The molecule has 2 aromatic rings. The Hall–Kier alpha value is -2.28. The normalized spacial score (nSPS) is 27.3. The van der Waals surface area contributed by atoms with Crippen molar-refractivity contribution in [3.63, 3.8) is 0 Å². The van der Waals surface area contributed by atoms with Gasteiger partial charge in [0.05, 0.1) is 23.6 Å². The number of esters is 1. The van der Waals surface area contributed by atoms with Gasteiger partial charge in [-0.05, 0) is 86.4 Å². The van der Waals surface area contributed by atoms with Crippen molar-refractivity contribution < 1.29 is 19.1 Å². The molecule has 2 aliphatic carbocycles. The first-order valence-corrected chi connectivity index (χ1v) is 14.3. The molecule has 1 heterocycles. The van der Waals surface area contributed by atoms with E-state index in [9.17, 15) is 9.59 Å². The number of nitrogens with one attached hydrogen (secondary N) is 1. The van der Waals surface area contributed by atoms with Crippen LogP contribution >= 0.6 is 23.2 Å². The summed E-state index contributed by atoms with van der Waals surface area (Å²) in [7, 11) is 1.67. The van der Waals surface area contributed by atoms with Crippen LogP contribution in [0, 0.1) is 5.92 Å². The van der Waals surface area contributed by atoms with Crippen molar-refractivity contribution in [3.05, 3.63) is 63.6 Å². The van der Waals surface area contributed by atoms with Crippen molar-refractivity contribution in [1.29, 1.82) is 0 Å². The third kappa shape index (κ3) is 5.68. The zero-order chi connectivity index (χ0) is 26.9. The van der Waals surface area contributed by atoms with Gasteiger partial charge < -0.3 is 14.8 Å². The summed E-state index contributed by atoms with van der Waals surface area (Å²) in [5.41, 5.74) is 0.821. The molecule has 0 aromatic heterocycles. The minimum absolute atomic E-state index is 0.0462. The Balaban J connectivity index is 1.43. The number of halogens is 2. The zero-order valence-electron chi connectivity index (χ0n) is 22.1. The number of ether oxygens (including phenoxy) is 2. The maximum atomic E-state index is 13.1. The van der Waals surface area contributed by atoms with Crippen LogP contribution in [0.25, 0.3) is 0 Å². The molecule has 2 saturated carbocycles. The van der Waals surface area contributed by atoms with E-state index in [-0.39, 0.29) is 24.3 Å². The van der Waals surface area contributed by atoms with Gasteiger partial charge in [0, 0.05) is 31.5 Å². The number of rotatable bonds is 8. The van der Waals surface area contributed by atoms with Gasteiger partial charge in [-0.3, -0.25) is 14.5 Å². The van der Waals surface area contributed by atoms with Gasteiger partial charge in [0.15, 0.2) is 0 Å². The van der Waals surface area contributed by atoms with Crippen LogP contribution in [0.1, 0.15) is 56.6 Å². The average Bonchev–Trinajstić information content (AvgIpc) is 3.70. The molecule has 6 nitrogen and oxygen atoms in total. The number of amides is 1. The van der Waals surface area contributed by atoms with Crippen LogP contribution < -0.4 is 10.1 Å². The second kappa shape index (κ2) is 11.1. The van der Waals surface area contributed by atoms with Crippen LogP contribution in [-0.4, -0.2) is 55.2 Å². The number of hydrogen-bond acceptors (Lipinski definition) is 5. The molecule has 5 rings (SSSR count). The summed E-state index contributed by atoms with van der Waals surface area (Å²) in [6, 6.07) is 13.4. The van der Waals surface area contributed by atoms with Crippen molar-refractivity contribution in [3.8, 4) is 5.75 Å². The molecule has 1 N–H and O–H groups in total. The molecule has 8 heteroatoms. The molecule has 3 aliphatic rings. The lowest BCUT2D eigenvalue weighted by molar-refractivity contribution is -0.187. The van der Waals surface area contributed by atoms with E-state index in [1.807, 2.05) is 18.2 Å². The van der Waals surface area contributed by atoms with E-state index < -0.39 is 11.0 Å². The highest BCUT2D eigenvalue weighted by atomic mass is 35.5. The first-order chi connectivity index (χ1) is 18.2. The van der Waals surface area contributed by atoms with E-state index in [2.05, 4.69) is 22.3 Å². The lowest BCUT2D eigenvalue weighted by atomic mass is 9.55. The highest BCUT2D eigenvalue weighted by molar-refractivity contribution is 6.42. The van der Waals surface area contributed by atoms with Crippen molar-refractivity contribution >= 4 is 35.1 Å². The molecule has 1 saturated heterocycles. The average molecular weight is 560 g/mol. The van der Waals surface area contributed by atoms with Crippen LogP contribution in [0.2, 0.25) is 10.0 Å². The van der Waals surface area contributed by atoms with E-state index in [0.29, 0.717) is 29.4 Å². The minimum atomic E-state index is -0.663. The number of likely N-dealkylation sites (tertiary alicyclic amines) is 1. The smallest absolute Gasteiger partial charge is 0.303 e. The van der Waals surface area contributed by atoms with Gasteiger partial charge in [-0.25, -0.2) is 0 Å². The standard InChI is InChI=1S/C30H36Cl2N2O4/c1-20(35)38-30-11-10-24(33-28(36)15-22-8-9-26(31)27(32)14-22)17-29(30,23-4-3-5-25(16-23)37-2)12-13-34(19-30)18-21-6-7-21/h3-5,8-9,14,16,21,24H,6-7,10-13,15,17-19H2,1-2H3,(H,33,36)/t24-,29?,30?/m1/s1. The maximum absolute atomic E-state index is 13.1. The molecule has 2 aromatic carbocycles. The summed E-state index contributed by atoms with van der Waals surface area (Å²) >= 11 is 12.2. The number of methoxy groups -OCH3 is 1. The molecule has 0 spiro atoms. The van der Waals surface area contributed by atoms with Crippen molar-refractivity contribution in [2.45, 2.75) is 68.9 Å². The molecule has 0 bridgehead atoms. The fourth-order valence-electron chi connectivity index (χ4n) is 6.67. The fourth-order valence-corrected chi connectivity index (χ4v) is 6.99. The molecule has 0 radical (unpaired) electrons. The van der Waals surface area contributed by atoms with Crippen molar-refractivity contribution in [1.82, 2.24) is 10.2 Å². The van der Waals surface area contributed by atoms with E-state index in [0.717, 1.165) is 48.7 Å². The Morgan fingerprint density at radius 1 is 1.08 bits per heavy atom. The van der Waals surface area contributed by atoms with Crippen molar-refractivity contribution in [2.75, 3.05) is 26.7 Å². The Kier molecular flexibility index (Phi) is 7.95. The molecule has 204 valence electrons. The molecule has 2 unspecified atom stereocenters. The van der Waals surface area contributed by atoms with Crippen LogP contribution in [0.4, 0.5) is 0 Å². The number of carbonyl (C=O) groups excluding carboxylic acids is 2. The number of benzene rings is 2. The number of hydrogen-bond donors (Lipinski definition) is 1. The summed E-state index contributed by atoms with van der Waals surface area (Å²) in [5.74, 6) is 1.22. The zero-order valence-corrected chi connectivity index (χ0v) is 23.6. The first kappa shape index (κ1) is 27.3. The van der Waals surface area contributed by atoms with Gasteiger partial charge in [-0.15, -0.1) is 0 Å². The Morgan fingerprint density at radius 3 is 2.61 bits per heavy atom. The third-order valence-corrected chi connectivity index (χ3v) is 9.33. The molecule has 38 heavy (non-hydrogen) atoms. The summed E-state index contributed by atoms with van der Waals surface area (Å²) in [6.45, 7) is 4.21. The third-order valence-electron chi connectivity index (χ3n) is 8.59. The molecular formula is C30H36Cl2N2O4. The lowest BCUT2D eigenvalue weighted by Gasteiger charge is -2.59. The van der Waals surface area contributed by atoms with E-state index >= 15 is 0 Å². The SMILES string of the molecule is COc1cccc(C23CCN(CC4CC4)CC2(OC(C)=O)CC[C@@H](NC(=O)Cc2ccc(Cl)c(Cl)c2)C3)c1. The lowest BCUT2D eigenvalue weighted by Crippen LogP contribution is -2.68. The number of carbonyl (C=O) groups is 2. The predicted molar refractivity (Wildman–Crippen MR) is 149 cm³/mol. The van der Waals surface area contributed by atoms with Crippen LogP contribution in [-0.2, 0) is 26.2 Å². The number of fused-ring (bicyclic) bond motifs is 1. The second-order valence-corrected chi connectivity index (χ2v) is 12.1. The monoisotopic (exact) mass is 558 g/mol. The molecule has 1 aliphatic heterocycles. The summed E-state index contributed by atoms with van der Waals surface area (Å²) in [4.78, 5) is 28.2. The molecule has 3 atom stereocenters. The van der Waals surface area contributed by atoms with Gasteiger partial charge in [0.25, 0.3) is 0 Å². The summed E-state index contributed by atoms with van der Waals surface area (Å²) in [5, 5.41) is 4.19. The fraction of sp³-hybridized carbons (Fsp3) is 0.533. The highest BCUT2D eigenvalue weighted by Crippen LogP contribution is 2.54. The highest BCUT2D eigenvalue weighted by Gasteiger charge is 2.61. The van der Waals surface area contributed by atoms with Crippen molar-refractivity contribution in [2.24, 2.45) is 5.92 Å². The van der Waals surface area contributed by atoms with Crippen LogP contribution in [0.5, 0.6) is 5.75 Å². The quantitative estimate of drug-likeness (QED) is 0.429. The molecule has 1 amide bonds. The Labute approximate surface area is 235 Å². The number of piperidine rings is 1. The summed E-state index contributed by atoms with van der Waals surface area (Å²) in [6.07, 6.45) is 5.75. The van der Waals surface area contributed by atoms with Gasteiger partial charge in [0.2, 0.25) is 5.91 Å². The molecule has 3 fully saturated rings. The van der Waals surface area contributed by atoms with E-state index in [4.69, 9.17) is 32.7 Å². The van der Waals surface area contributed by atoms with Crippen LogP contribution in [0.15, 0.2) is 42.5 Å². The topological polar surface area (TPSA) is 67.9 Å². The van der Waals surface area contributed by atoms with Gasteiger partial charge in [-0.2, -0.15) is 0 Å². The summed E-state index contributed by atoms with van der Waals surface area (Å²) < 4.78 is 11.9. The largest absolute Gasteiger partial charge is 0.497 e. The van der Waals surface area contributed by atoms with Gasteiger partial charge >= 0.3 is 5.97 Å². The van der Waals surface area contributed by atoms with Crippen LogP contribution in [0.3, 0.4) is 0 Å². The van der Waals surface area contributed by atoms with E-state index in [1.165, 1.54) is 19.8 Å². The Morgan fingerprint density at radius 2 is 1.89 bits per heavy atom. The van der Waals surface area contributed by atoms with E-state index in [1.54, 1.807) is 19.2 Å². The van der Waals surface area contributed by atoms with Gasteiger partial charge in [-0.1, -0.05) is 41.4 Å². The second-order valence-electron chi connectivity index (χ2n) is 11.3. The minimum Gasteiger partial charge on any atom is -0.497 e. The maximum Gasteiger partial charge on any atom is 0.303 e. The predicted octanol–water partition coefficient (Wildman–Crippen LogP) is 5.57.